The Labute approximate surface area is 155 Å². The number of carbonyl (C=O) groups excluding carboxylic acids is 1. The first kappa shape index (κ1) is 18.3. The van der Waals surface area contributed by atoms with Crippen LogP contribution in [0.25, 0.3) is 11.5 Å². The number of nitrogens with one attached hydrogen (secondary N) is 1. The summed E-state index contributed by atoms with van der Waals surface area (Å²) >= 11 is 0. The van der Waals surface area contributed by atoms with Crippen molar-refractivity contribution >= 4 is 11.7 Å². The van der Waals surface area contributed by atoms with E-state index in [9.17, 15) is 4.79 Å². The molecule has 0 fully saturated rings. The molecule has 1 N–H and O–H groups in total. The van der Waals surface area contributed by atoms with Gasteiger partial charge in [0.2, 0.25) is 5.91 Å². The molecular formula is C20H27N5O. The van der Waals surface area contributed by atoms with E-state index in [0.717, 1.165) is 47.6 Å². The summed E-state index contributed by atoms with van der Waals surface area (Å²) in [5.74, 6) is 1.46. The maximum atomic E-state index is 12.3. The summed E-state index contributed by atoms with van der Waals surface area (Å²) in [7, 11) is 1.91. The van der Waals surface area contributed by atoms with Crippen LogP contribution >= 0.6 is 0 Å². The lowest BCUT2D eigenvalue weighted by molar-refractivity contribution is -0.121. The predicted octanol–water partition coefficient (Wildman–Crippen LogP) is 2.69. The number of likely N-dealkylation sites (N-methyl/N-ethyl adjacent to an activating group) is 1. The number of anilines is 1. The minimum Gasteiger partial charge on any atom is -0.350 e. The Kier molecular flexibility index (Phi) is 4.94. The van der Waals surface area contributed by atoms with Crippen LogP contribution < -0.4 is 10.2 Å². The fourth-order valence-corrected chi connectivity index (χ4v) is 3.25. The van der Waals surface area contributed by atoms with Crippen molar-refractivity contribution in [2.24, 2.45) is 0 Å². The number of rotatable bonds is 4. The SMILES string of the molecule is Cc1ccnc(-c2nc3c(c(N(C)CC(=O)NC(C)(C)C)n2)CCC3)c1. The van der Waals surface area contributed by atoms with Crippen LogP contribution in [0.15, 0.2) is 18.3 Å². The van der Waals surface area contributed by atoms with Gasteiger partial charge in [-0.3, -0.25) is 9.78 Å². The van der Waals surface area contributed by atoms with Gasteiger partial charge in [-0.15, -0.1) is 0 Å². The average Bonchev–Trinajstić information content (AvgIpc) is 3.00. The number of aromatic nitrogens is 3. The monoisotopic (exact) mass is 353 g/mol. The van der Waals surface area contributed by atoms with Gasteiger partial charge in [-0.1, -0.05) is 0 Å². The highest BCUT2D eigenvalue weighted by Gasteiger charge is 2.24. The summed E-state index contributed by atoms with van der Waals surface area (Å²) < 4.78 is 0. The van der Waals surface area contributed by atoms with Crippen molar-refractivity contribution in [2.75, 3.05) is 18.5 Å². The van der Waals surface area contributed by atoms with Gasteiger partial charge in [0.1, 0.15) is 11.5 Å². The first-order valence-electron chi connectivity index (χ1n) is 9.08. The molecule has 6 nitrogen and oxygen atoms in total. The average molecular weight is 353 g/mol. The van der Waals surface area contributed by atoms with E-state index in [2.05, 4.69) is 10.3 Å². The van der Waals surface area contributed by atoms with Gasteiger partial charge in [0.15, 0.2) is 5.82 Å². The predicted molar refractivity (Wildman–Crippen MR) is 103 cm³/mol. The Balaban J connectivity index is 1.92. The molecule has 1 amide bonds. The molecule has 0 bridgehead atoms. The molecule has 0 radical (unpaired) electrons. The molecule has 1 aliphatic rings. The first-order valence-corrected chi connectivity index (χ1v) is 9.08. The van der Waals surface area contributed by atoms with Gasteiger partial charge in [-0.05, 0) is 64.7 Å². The molecule has 0 aliphatic heterocycles. The van der Waals surface area contributed by atoms with Crippen molar-refractivity contribution in [3.8, 4) is 11.5 Å². The number of nitrogens with zero attached hydrogens (tertiary/aromatic N) is 4. The Morgan fingerprint density at radius 2 is 2.04 bits per heavy atom. The fourth-order valence-electron chi connectivity index (χ4n) is 3.25. The molecule has 3 rings (SSSR count). The van der Waals surface area contributed by atoms with E-state index in [1.807, 2.05) is 51.8 Å². The van der Waals surface area contributed by atoms with E-state index in [-0.39, 0.29) is 18.0 Å². The zero-order chi connectivity index (χ0) is 18.9. The van der Waals surface area contributed by atoms with Crippen molar-refractivity contribution in [1.29, 1.82) is 0 Å². The molecule has 0 saturated heterocycles. The molecule has 2 heterocycles. The third-order valence-corrected chi connectivity index (χ3v) is 4.31. The third-order valence-electron chi connectivity index (χ3n) is 4.31. The zero-order valence-electron chi connectivity index (χ0n) is 16.3. The number of aryl methyl sites for hydroxylation is 2. The summed E-state index contributed by atoms with van der Waals surface area (Å²) in [6, 6.07) is 3.95. The lowest BCUT2D eigenvalue weighted by Gasteiger charge is -2.25. The maximum Gasteiger partial charge on any atom is 0.239 e. The van der Waals surface area contributed by atoms with Gasteiger partial charge in [0.25, 0.3) is 0 Å². The first-order chi connectivity index (χ1) is 12.2. The summed E-state index contributed by atoms with van der Waals surface area (Å²) in [6.07, 6.45) is 4.76. The Morgan fingerprint density at radius 1 is 1.27 bits per heavy atom. The van der Waals surface area contributed by atoms with Crippen LogP contribution in [0.2, 0.25) is 0 Å². The molecule has 0 spiro atoms. The fraction of sp³-hybridized carbons (Fsp3) is 0.500. The number of hydrogen-bond acceptors (Lipinski definition) is 5. The van der Waals surface area contributed by atoms with Crippen LogP contribution in [-0.4, -0.2) is 40.0 Å². The van der Waals surface area contributed by atoms with Crippen LogP contribution in [-0.2, 0) is 17.6 Å². The van der Waals surface area contributed by atoms with Crippen LogP contribution in [0.3, 0.4) is 0 Å². The number of pyridine rings is 1. The van der Waals surface area contributed by atoms with Gasteiger partial charge in [-0.2, -0.15) is 0 Å². The quantitative estimate of drug-likeness (QED) is 0.915. The molecule has 0 atom stereocenters. The van der Waals surface area contributed by atoms with E-state index < -0.39 is 0 Å². The lowest BCUT2D eigenvalue weighted by Crippen LogP contribution is -2.45. The molecule has 1 aliphatic carbocycles. The van der Waals surface area contributed by atoms with Crippen molar-refractivity contribution in [1.82, 2.24) is 20.3 Å². The molecular weight excluding hydrogens is 326 g/mol. The summed E-state index contributed by atoms with van der Waals surface area (Å²) in [5, 5.41) is 3.00. The van der Waals surface area contributed by atoms with E-state index in [1.165, 1.54) is 0 Å². The minimum absolute atomic E-state index is 0.0133. The van der Waals surface area contributed by atoms with Crippen LogP contribution in [0.5, 0.6) is 0 Å². The van der Waals surface area contributed by atoms with Crippen molar-refractivity contribution < 1.29 is 4.79 Å². The standard InChI is InChI=1S/C20H27N5O/c1-13-9-10-21-16(11-13)18-22-15-8-6-7-14(15)19(23-18)25(5)12-17(26)24-20(2,3)4/h9-11H,6-8,12H2,1-5H3,(H,24,26). The molecule has 2 aromatic rings. The van der Waals surface area contributed by atoms with Crippen LogP contribution in [0.4, 0.5) is 5.82 Å². The van der Waals surface area contributed by atoms with Gasteiger partial charge in [0, 0.05) is 30.0 Å². The maximum absolute atomic E-state index is 12.3. The topological polar surface area (TPSA) is 71.0 Å². The van der Waals surface area contributed by atoms with E-state index in [1.54, 1.807) is 6.20 Å². The third kappa shape index (κ3) is 4.18. The van der Waals surface area contributed by atoms with E-state index in [4.69, 9.17) is 9.97 Å². The number of hydrogen-bond donors (Lipinski definition) is 1. The Hall–Kier alpha value is -2.50. The van der Waals surface area contributed by atoms with Gasteiger partial charge < -0.3 is 10.2 Å². The van der Waals surface area contributed by atoms with Gasteiger partial charge in [-0.25, -0.2) is 9.97 Å². The lowest BCUT2D eigenvalue weighted by atomic mass is 10.1. The van der Waals surface area contributed by atoms with E-state index >= 15 is 0 Å². The molecule has 138 valence electrons. The van der Waals surface area contributed by atoms with Crippen LogP contribution in [0, 0.1) is 6.92 Å². The Bertz CT molecular complexity index is 825. The minimum atomic E-state index is -0.248. The normalized spacial score (nSPS) is 13.4. The smallest absolute Gasteiger partial charge is 0.239 e. The highest BCUT2D eigenvalue weighted by atomic mass is 16.2. The van der Waals surface area contributed by atoms with Crippen molar-refractivity contribution in [3.05, 3.63) is 35.2 Å². The molecule has 0 saturated carbocycles. The molecule has 2 aromatic heterocycles. The van der Waals surface area contributed by atoms with Crippen molar-refractivity contribution in [3.63, 3.8) is 0 Å². The second-order valence-corrected chi connectivity index (χ2v) is 8.02. The molecule has 0 aromatic carbocycles. The largest absolute Gasteiger partial charge is 0.350 e. The van der Waals surface area contributed by atoms with Crippen molar-refractivity contribution in [2.45, 2.75) is 52.5 Å². The Morgan fingerprint density at radius 3 is 2.73 bits per heavy atom. The van der Waals surface area contributed by atoms with Crippen LogP contribution in [0.1, 0.15) is 44.0 Å². The summed E-state index contributed by atoms with van der Waals surface area (Å²) in [6.45, 7) is 8.24. The van der Waals surface area contributed by atoms with E-state index in [0.29, 0.717) is 5.82 Å². The summed E-state index contributed by atoms with van der Waals surface area (Å²) in [4.78, 5) is 28.2. The second-order valence-electron chi connectivity index (χ2n) is 8.02. The molecule has 0 unspecified atom stereocenters. The number of fused-ring (bicyclic) bond motifs is 1. The number of amides is 1. The summed E-state index contributed by atoms with van der Waals surface area (Å²) in [5.41, 5.74) is 3.89. The zero-order valence-corrected chi connectivity index (χ0v) is 16.3. The molecule has 26 heavy (non-hydrogen) atoms. The second kappa shape index (κ2) is 7.02. The number of carbonyl (C=O) groups is 1. The highest BCUT2D eigenvalue weighted by molar-refractivity contribution is 5.82. The van der Waals surface area contributed by atoms with Gasteiger partial charge >= 0.3 is 0 Å². The van der Waals surface area contributed by atoms with Gasteiger partial charge in [0.05, 0.1) is 6.54 Å². The highest BCUT2D eigenvalue weighted by Crippen LogP contribution is 2.30. The molecule has 6 heteroatoms.